The monoisotopic (exact) mass is 336 g/mol. The molecule has 0 fully saturated rings. The van der Waals surface area contributed by atoms with Crippen molar-refractivity contribution in [2.75, 3.05) is 23.7 Å². The molecular weight excluding hydrogens is 320 g/mol. The molecule has 5 nitrogen and oxygen atoms in total. The molecule has 0 aliphatic carbocycles. The average Bonchev–Trinajstić information content (AvgIpc) is 2.46. The van der Waals surface area contributed by atoms with Crippen molar-refractivity contribution in [2.45, 2.75) is 13.8 Å². The van der Waals surface area contributed by atoms with Gasteiger partial charge in [-0.3, -0.25) is 0 Å². The van der Waals surface area contributed by atoms with Crippen LogP contribution in [0.15, 0.2) is 35.1 Å². The van der Waals surface area contributed by atoms with E-state index in [0.717, 1.165) is 17.6 Å². The highest BCUT2D eigenvalue weighted by molar-refractivity contribution is 9.10. The molecule has 1 aromatic heterocycles. The Balaban J connectivity index is 2.28. The van der Waals surface area contributed by atoms with Crippen LogP contribution in [0.4, 0.5) is 11.5 Å². The summed E-state index contributed by atoms with van der Waals surface area (Å²) in [7, 11) is 0. The van der Waals surface area contributed by atoms with Crippen molar-refractivity contribution in [3.63, 3.8) is 0 Å². The average molecular weight is 337 g/mol. The molecule has 2 rings (SSSR count). The first-order valence-electron chi connectivity index (χ1n) is 6.44. The maximum absolute atomic E-state index is 6.11. The lowest BCUT2D eigenvalue weighted by Gasteiger charge is -2.21. The summed E-state index contributed by atoms with van der Waals surface area (Å²) in [5.74, 6) is 1.77. The fraction of sp³-hybridized carbons (Fsp3) is 0.286. The van der Waals surface area contributed by atoms with Crippen LogP contribution in [-0.4, -0.2) is 23.1 Å². The van der Waals surface area contributed by atoms with Gasteiger partial charge in [-0.15, -0.1) is 0 Å². The van der Waals surface area contributed by atoms with Gasteiger partial charge in [0.2, 0.25) is 5.88 Å². The van der Waals surface area contributed by atoms with E-state index < -0.39 is 0 Å². The third-order valence-electron chi connectivity index (χ3n) is 2.92. The quantitative estimate of drug-likeness (QED) is 0.905. The van der Waals surface area contributed by atoms with Crippen molar-refractivity contribution in [3.8, 4) is 11.6 Å². The van der Waals surface area contributed by atoms with Crippen molar-refractivity contribution in [2.24, 2.45) is 0 Å². The Bertz CT molecular complexity index is 570. The van der Waals surface area contributed by atoms with Crippen LogP contribution in [-0.2, 0) is 0 Å². The topological polar surface area (TPSA) is 64.3 Å². The number of rotatable bonds is 5. The van der Waals surface area contributed by atoms with Gasteiger partial charge in [0.15, 0.2) is 5.82 Å². The van der Waals surface area contributed by atoms with E-state index in [2.05, 4.69) is 44.6 Å². The Kier molecular flexibility index (Phi) is 4.79. The molecule has 106 valence electrons. The zero-order valence-electron chi connectivity index (χ0n) is 11.5. The van der Waals surface area contributed by atoms with Gasteiger partial charge < -0.3 is 15.4 Å². The molecule has 6 heteroatoms. The summed E-state index contributed by atoms with van der Waals surface area (Å²) >= 11 is 3.38. The smallest absolute Gasteiger partial charge is 0.248 e. The molecule has 2 N–H and O–H groups in total. The van der Waals surface area contributed by atoms with E-state index in [-0.39, 0.29) is 0 Å². The first-order chi connectivity index (χ1) is 9.65. The van der Waals surface area contributed by atoms with E-state index in [1.807, 2.05) is 24.3 Å². The highest BCUT2D eigenvalue weighted by Gasteiger charge is 2.14. The number of ether oxygens (including phenoxy) is 1. The number of halogens is 1. The molecule has 0 aliphatic rings. The molecule has 0 bridgehead atoms. The van der Waals surface area contributed by atoms with E-state index in [1.54, 1.807) is 0 Å². The maximum atomic E-state index is 6.11. The van der Waals surface area contributed by atoms with Crippen molar-refractivity contribution in [3.05, 3.63) is 35.1 Å². The molecule has 20 heavy (non-hydrogen) atoms. The second kappa shape index (κ2) is 6.56. The van der Waals surface area contributed by atoms with Crippen LogP contribution < -0.4 is 15.4 Å². The molecule has 0 atom stereocenters. The van der Waals surface area contributed by atoms with Gasteiger partial charge in [0.1, 0.15) is 17.8 Å². The molecule has 2 aromatic rings. The number of nitrogens with two attached hydrogens (primary N) is 1. The lowest BCUT2D eigenvalue weighted by Crippen LogP contribution is -2.24. The molecule has 0 aliphatic heterocycles. The van der Waals surface area contributed by atoms with Crippen molar-refractivity contribution in [1.82, 2.24) is 9.97 Å². The molecule has 0 saturated heterocycles. The molecule has 1 heterocycles. The van der Waals surface area contributed by atoms with Gasteiger partial charge in [-0.05, 0) is 38.1 Å². The summed E-state index contributed by atoms with van der Waals surface area (Å²) in [6.07, 6.45) is 1.47. The SMILES string of the molecule is CCN(CC)c1ncnc(Oc2ccc(Br)cc2)c1N. The van der Waals surface area contributed by atoms with Gasteiger partial charge in [0, 0.05) is 17.6 Å². The fourth-order valence-corrected chi connectivity index (χ4v) is 2.11. The molecule has 0 spiro atoms. The molecule has 0 saturated carbocycles. The maximum Gasteiger partial charge on any atom is 0.248 e. The summed E-state index contributed by atoms with van der Waals surface area (Å²) in [5.41, 5.74) is 6.57. The van der Waals surface area contributed by atoms with Crippen LogP contribution >= 0.6 is 15.9 Å². The Hall–Kier alpha value is -1.82. The lowest BCUT2D eigenvalue weighted by atomic mass is 10.3. The normalized spacial score (nSPS) is 10.3. The van der Waals surface area contributed by atoms with E-state index in [0.29, 0.717) is 23.1 Å². The van der Waals surface area contributed by atoms with Gasteiger partial charge in [-0.2, -0.15) is 4.98 Å². The fourth-order valence-electron chi connectivity index (χ4n) is 1.84. The zero-order valence-corrected chi connectivity index (χ0v) is 13.1. The van der Waals surface area contributed by atoms with Crippen molar-refractivity contribution >= 4 is 27.4 Å². The molecule has 0 radical (unpaired) electrons. The summed E-state index contributed by atoms with van der Waals surface area (Å²) in [6.45, 7) is 5.77. The Morgan fingerprint density at radius 1 is 1.15 bits per heavy atom. The number of hydrogen-bond donors (Lipinski definition) is 1. The van der Waals surface area contributed by atoms with Crippen LogP contribution in [0, 0.1) is 0 Å². The summed E-state index contributed by atoms with van der Waals surface area (Å²) in [4.78, 5) is 10.4. The van der Waals surface area contributed by atoms with Crippen LogP contribution in [0.2, 0.25) is 0 Å². The van der Waals surface area contributed by atoms with Crippen LogP contribution in [0.1, 0.15) is 13.8 Å². The highest BCUT2D eigenvalue weighted by atomic mass is 79.9. The van der Waals surface area contributed by atoms with Gasteiger partial charge >= 0.3 is 0 Å². The molecule has 1 aromatic carbocycles. The Morgan fingerprint density at radius 2 is 1.80 bits per heavy atom. The largest absolute Gasteiger partial charge is 0.437 e. The lowest BCUT2D eigenvalue weighted by molar-refractivity contribution is 0.464. The van der Waals surface area contributed by atoms with E-state index in [9.17, 15) is 0 Å². The summed E-state index contributed by atoms with van der Waals surface area (Å²) < 4.78 is 6.71. The van der Waals surface area contributed by atoms with Gasteiger partial charge in [0.05, 0.1) is 0 Å². The highest BCUT2D eigenvalue weighted by Crippen LogP contribution is 2.31. The minimum atomic E-state index is 0.379. The van der Waals surface area contributed by atoms with Crippen molar-refractivity contribution < 1.29 is 4.74 Å². The zero-order chi connectivity index (χ0) is 14.5. The third-order valence-corrected chi connectivity index (χ3v) is 3.45. The second-order valence-corrected chi connectivity index (χ2v) is 5.06. The molecular formula is C14H17BrN4O. The second-order valence-electron chi connectivity index (χ2n) is 4.14. The minimum Gasteiger partial charge on any atom is -0.437 e. The van der Waals surface area contributed by atoms with Crippen LogP contribution in [0.3, 0.4) is 0 Å². The number of nitrogens with zero attached hydrogens (tertiary/aromatic N) is 3. The predicted molar refractivity (Wildman–Crippen MR) is 84.2 cm³/mol. The summed E-state index contributed by atoms with van der Waals surface area (Å²) in [5, 5.41) is 0. The number of benzene rings is 1. The van der Waals surface area contributed by atoms with Gasteiger partial charge in [-0.1, -0.05) is 15.9 Å². The Labute approximate surface area is 126 Å². The van der Waals surface area contributed by atoms with Crippen LogP contribution in [0.25, 0.3) is 0 Å². The van der Waals surface area contributed by atoms with E-state index in [1.165, 1.54) is 6.33 Å². The summed E-state index contributed by atoms with van der Waals surface area (Å²) in [6, 6.07) is 7.50. The predicted octanol–water partition coefficient (Wildman–Crippen LogP) is 3.46. The molecule has 0 unspecified atom stereocenters. The van der Waals surface area contributed by atoms with E-state index in [4.69, 9.17) is 10.5 Å². The third kappa shape index (κ3) is 3.19. The number of anilines is 2. The minimum absolute atomic E-state index is 0.379. The standard InChI is InChI=1S/C14H17BrN4O/c1-3-19(4-2)13-12(16)14(18-9-17-13)20-11-7-5-10(15)6-8-11/h5-9H,3-4,16H2,1-2H3. The number of nitrogen functional groups attached to an aromatic ring is 1. The first kappa shape index (κ1) is 14.6. The van der Waals surface area contributed by atoms with Gasteiger partial charge in [-0.25, -0.2) is 4.98 Å². The van der Waals surface area contributed by atoms with Gasteiger partial charge in [0.25, 0.3) is 0 Å². The van der Waals surface area contributed by atoms with E-state index >= 15 is 0 Å². The van der Waals surface area contributed by atoms with Crippen molar-refractivity contribution in [1.29, 1.82) is 0 Å². The first-order valence-corrected chi connectivity index (χ1v) is 7.23. The number of aromatic nitrogens is 2. The molecule has 0 amide bonds. The Morgan fingerprint density at radius 3 is 2.40 bits per heavy atom. The van der Waals surface area contributed by atoms with Crippen LogP contribution in [0.5, 0.6) is 11.6 Å². The number of hydrogen-bond acceptors (Lipinski definition) is 5.